The summed E-state index contributed by atoms with van der Waals surface area (Å²) in [5.74, 6) is 0.908. The second-order valence-corrected chi connectivity index (χ2v) is 7.63. The molecule has 6 heteroatoms. The third kappa shape index (κ3) is 4.16. The number of nitrogens with zero attached hydrogens (tertiary/aromatic N) is 3. The van der Waals surface area contributed by atoms with E-state index in [0.29, 0.717) is 0 Å². The standard InChI is InChI=1S/C22H26N4O2/c1-15-13-24-26(14-15)16(2)22(27)25-18-5-7-19(8-6-18)28-20-9-10-21-17(12-20)4-3-11-23-21/h3-4,9-14,16,18-19H,5-8H2,1-2H3,(H,25,27). The molecular formula is C22H26N4O2. The first kappa shape index (κ1) is 18.5. The smallest absolute Gasteiger partial charge is 0.244 e. The number of benzene rings is 1. The highest BCUT2D eigenvalue weighted by molar-refractivity contribution is 5.80. The molecule has 1 aliphatic rings. The van der Waals surface area contributed by atoms with Crippen molar-refractivity contribution in [3.63, 3.8) is 0 Å². The summed E-state index contributed by atoms with van der Waals surface area (Å²) in [7, 11) is 0. The molecule has 146 valence electrons. The maximum Gasteiger partial charge on any atom is 0.244 e. The Morgan fingerprint density at radius 2 is 2.07 bits per heavy atom. The number of aromatic nitrogens is 3. The summed E-state index contributed by atoms with van der Waals surface area (Å²) in [5, 5.41) is 8.50. The highest BCUT2D eigenvalue weighted by Gasteiger charge is 2.25. The van der Waals surface area contributed by atoms with Crippen molar-refractivity contribution in [2.45, 2.75) is 57.7 Å². The molecule has 0 aliphatic heterocycles. The molecule has 0 bridgehead atoms. The van der Waals surface area contributed by atoms with Crippen LogP contribution in [0.25, 0.3) is 10.9 Å². The number of pyridine rings is 1. The molecule has 1 N–H and O–H groups in total. The number of amides is 1. The number of fused-ring (bicyclic) bond motifs is 1. The predicted octanol–water partition coefficient (Wildman–Crippen LogP) is 3.81. The highest BCUT2D eigenvalue weighted by atomic mass is 16.5. The molecule has 1 atom stereocenters. The maximum absolute atomic E-state index is 12.5. The lowest BCUT2D eigenvalue weighted by Gasteiger charge is -2.30. The first-order valence-corrected chi connectivity index (χ1v) is 9.91. The molecule has 6 nitrogen and oxygen atoms in total. The molecule has 0 saturated heterocycles. The van der Waals surface area contributed by atoms with E-state index in [2.05, 4.69) is 15.4 Å². The van der Waals surface area contributed by atoms with Gasteiger partial charge < -0.3 is 10.1 Å². The van der Waals surface area contributed by atoms with E-state index < -0.39 is 0 Å². The normalized spacial score (nSPS) is 20.6. The van der Waals surface area contributed by atoms with Crippen LogP contribution in [0.3, 0.4) is 0 Å². The van der Waals surface area contributed by atoms with Crippen LogP contribution in [0.1, 0.15) is 44.2 Å². The van der Waals surface area contributed by atoms with Crippen molar-refractivity contribution in [3.05, 3.63) is 54.5 Å². The zero-order valence-electron chi connectivity index (χ0n) is 16.3. The van der Waals surface area contributed by atoms with E-state index in [1.165, 1.54) is 0 Å². The van der Waals surface area contributed by atoms with Gasteiger partial charge >= 0.3 is 0 Å². The van der Waals surface area contributed by atoms with Gasteiger partial charge in [0.25, 0.3) is 0 Å². The Hall–Kier alpha value is -2.89. The molecule has 0 spiro atoms. The molecule has 2 heterocycles. The van der Waals surface area contributed by atoms with Crippen LogP contribution in [0.4, 0.5) is 0 Å². The molecule has 0 radical (unpaired) electrons. The Balaban J connectivity index is 1.28. The summed E-state index contributed by atoms with van der Waals surface area (Å²) in [6.45, 7) is 3.85. The van der Waals surface area contributed by atoms with Crippen molar-refractivity contribution in [2.75, 3.05) is 0 Å². The lowest BCUT2D eigenvalue weighted by atomic mass is 9.92. The zero-order chi connectivity index (χ0) is 19.5. The second kappa shape index (κ2) is 8.00. The van der Waals surface area contributed by atoms with Gasteiger partial charge in [0.15, 0.2) is 0 Å². The fraction of sp³-hybridized carbons (Fsp3) is 0.409. The van der Waals surface area contributed by atoms with Crippen molar-refractivity contribution in [3.8, 4) is 5.75 Å². The zero-order valence-corrected chi connectivity index (χ0v) is 16.3. The Labute approximate surface area is 164 Å². The maximum atomic E-state index is 12.5. The first-order chi connectivity index (χ1) is 13.6. The predicted molar refractivity (Wildman–Crippen MR) is 108 cm³/mol. The summed E-state index contributed by atoms with van der Waals surface area (Å²) in [5.41, 5.74) is 2.03. The summed E-state index contributed by atoms with van der Waals surface area (Å²) in [4.78, 5) is 16.9. The first-order valence-electron chi connectivity index (χ1n) is 9.91. The summed E-state index contributed by atoms with van der Waals surface area (Å²) >= 11 is 0. The number of ether oxygens (including phenoxy) is 1. The number of hydrogen-bond acceptors (Lipinski definition) is 4. The average molecular weight is 378 g/mol. The minimum absolute atomic E-state index is 0.0227. The second-order valence-electron chi connectivity index (χ2n) is 7.63. The fourth-order valence-electron chi connectivity index (χ4n) is 3.73. The van der Waals surface area contributed by atoms with E-state index in [-0.39, 0.29) is 24.1 Å². The third-order valence-electron chi connectivity index (χ3n) is 5.40. The molecule has 1 amide bonds. The third-order valence-corrected chi connectivity index (χ3v) is 5.40. The number of aryl methyl sites for hydroxylation is 1. The molecule has 1 unspecified atom stereocenters. The number of nitrogens with one attached hydrogen (secondary N) is 1. The largest absolute Gasteiger partial charge is 0.490 e. The number of carbonyl (C=O) groups is 1. The van der Waals surface area contributed by atoms with Crippen molar-refractivity contribution >= 4 is 16.8 Å². The highest BCUT2D eigenvalue weighted by Crippen LogP contribution is 2.26. The Morgan fingerprint density at radius 3 is 2.82 bits per heavy atom. The molecular weight excluding hydrogens is 352 g/mol. The SMILES string of the molecule is Cc1cnn(C(C)C(=O)NC2CCC(Oc3ccc4ncccc4c3)CC2)c1. The van der Waals surface area contributed by atoms with Gasteiger partial charge in [-0.2, -0.15) is 5.10 Å². The molecule has 1 fully saturated rings. The minimum atomic E-state index is -0.297. The van der Waals surface area contributed by atoms with Gasteiger partial charge in [0, 0.05) is 23.8 Å². The van der Waals surface area contributed by atoms with Crippen LogP contribution in [0.2, 0.25) is 0 Å². The Kier molecular flexibility index (Phi) is 5.28. The molecule has 1 aromatic carbocycles. The van der Waals surface area contributed by atoms with Crippen LogP contribution in [0, 0.1) is 6.92 Å². The molecule has 4 rings (SSSR count). The van der Waals surface area contributed by atoms with Crippen molar-refractivity contribution in [2.24, 2.45) is 0 Å². The number of rotatable bonds is 5. The van der Waals surface area contributed by atoms with E-state index in [1.54, 1.807) is 17.1 Å². The van der Waals surface area contributed by atoms with Crippen LogP contribution >= 0.6 is 0 Å². The van der Waals surface area contributed by atoms with E-state index in [0.717, 1.165) is 47.9 Å². The lowest BCUT2D eigenvalue weighted by molar-refractivity contribution is -0.125. The van der Waals surface area contributed by atoms with Crippen LogP contribution in [0.15, 0.2) is 48.9 Å². The van der Waals surface area contributed by atoms with Gasteiger partial charge in [0.2, 0.25) is 5.91 Å². The lowest BCUT2D eigenvalue weighted by Crippen LogP contribution is -2.42. The van der Waals surface area contributed by atoms with Crippen LogP contribution < -0.4 is 10.1 Å². The topological polar surface area (TPSA) is 69.0 Å². The van der Waals surface area contributed by atoms with E-state index >= 15 is 0 Å². The number of carbonyl (C=O) groups excluding carboxylic acids is 1. The van der Waals surface area contributed by atoms with Crippen molar-refractivity contribution in [1.29, 1.82) is 0 Å². The minimum Gasteiger partial charge on any atom is -0.490 e. The Bertz CT molecular complexity index is 960. The molecule has 28 heavy (non-hydrogen) atoms. The van der Waals surface area contributed by atoms with Gasteiger partial charge in [-0.05, 0) is 69.4 Å². The quantitative estimate of drug-likeness (QED) is 0.733. The molecule has 3 aromatic rings. The van der Waals surface area contributed by atoms with Crippen LogP contribution in [-0.2, 0) is 4.79 Å². The summed E-state index contributed by atoms with van der Waals surface area (Å²) in [6, 6.07) is 9.91. The fourth-order valence-corrected chi connectivity index (χ4v) is 3.73. The molecule has 1 saturated carbocycles. The van der Waals surface area contributed by atoms with E-state index in [4.69, 9.17) is 4.74 Å². The van der Waals surface area contributed by atoms with Gasteiger partial charge in [0.1, 0.15) is 11.8 Å². The summed E-state index contributed by atoms with van der Waals surface area (Å²) < 4.78 is 7.90. The van der Waals surface area contributed by atoms with E-state index in [9.17, 15) is 4.79 Å². The molecule has 2 aromatic heterocycles. The summed E-state index contributed by atoms with van der Waals surface area (Å²) in [6.07, 6.45) is 9.38. The van der Waals surface area contributed by atoms with E-state index in [1.807, 2.05) is 50.4 Å². The van der Waals surface area contributed by atoms with Gasteiger partial charge in [0.05, 0.1) is 17.8 Å². The average Bonchev–Trinajstić information content (AvgIpc) is 3.15. The monoisotopic (exact) mass is 378 g/mol. The van der Waals surface area contributed by atoms with Gasteiger partial charge in [-0.15, -0.1) is 0 Å². The van der Waals surface area contributed by atoms with Crippen molar-refractivity contribution < 1.29 is 9.53 Å². The molecule has 1 aliphatic carbocycles. The van der Waals surface area contributed by atoms with Gasteiger partial charge in [-0.3, -0.25) is 14.5 Å². The van der Waals surface area contributed by atoms with Crippen LogP contribution in [-0.4, -0.2) is 32.8 Å². The Morgan fingerprint density at radius 1 is 1.25 bits per heavy atom. The van der Waals surface area contributed by atoms with Crippen molar-refractivity contribution in [1.82, 2.24) is 20.1 Å². The van der Waals surface area contributed by atoms with Gasteiger partial charge in [-0.1, -0.05) is 6.07 Å². The van der Waals surface area contributed by atoms with Gasteiger partial charge in [-0.25, -0.2) is 0 Å². The number of hydrogen-bond donors (Lipinski definition) is 1. The van der Waals surface area contributed by atoms with Crippen LogP contribution in [0.5, 0.6) is 5.75 Å².